The molecule has 0 bridgehead atoms. The summed E-state index contributed by atoms with van der Waals surface area (Å²) in [6.45, 7) is 1.53. The minimum Gasteiger partial charge on any atom is -0.481 e. The molecule has 25 heavy (non-hydrogen) atoms. The Bertz CT molecular complexity index is 724. The van der Waals surface area contributed by atoms with E-state index in [4.69, 9.17) is 5.11 Å². The van der Waals surface area contributed by atoms with Crippen LogP contribution in [0.1, 0.15) is 32.6 Å². The summed E-state index contributed by atoms with van der Waals surface area (Å²) in [5.74, 6) is -3.21. The number of sulfone groups is 1. The fraction of sp³-hybridized carbons (Fsp3) is 0.529. The van der Waals surface area contributed by atoms with Gasteiger partial charge in [0.15, 0.2) is 9.84 Å². The number of benzene rings is 1. The lowest BCUT2D eigenvalue weighted by Crippen LogP contribution is -2.42. The Hall–Kier alpha value is -1.96. The minimum absolute atomic E-state index is 0.0180. The third-order valence-corrected chi connectivity index (χ3v) is 6.44. The molecule has 1 saturated carbocycles. The Morgan fingerprint density at radius 3 is 2.28 bits per heavy atom. The van der Waals surface area contributed by atoms with Crippen molar-refractivity contribution in [1.82, 2.24) is 5.32 Å². The first kappa shape index (κ1) is 19.4. The third kappa shape index (κ3) is 5.26. The van der Waals surface area contributed by atoms with Crippen molar-refractivity contribution >= 4 is 21.7 Å². The number of carbonyl (C=O) groups is 2. The van der Waals surface area contributed by atoms with E-state index < -0.39 is 27.5 Å². The molecule has 0 spiro atoms. The van der Waals surface area contributed by atoms with E-state index in [1.807, 2.05) is 0 Å². The van der Waals surface area contributed by atoms with Crippen molar-refractivity contribution in [3.8, 4) is 0 Å². The number of hydrogen-bond donors (Lipinski definition) is 2. The quantitative estimate of drug-likeness (QED) is 0.745. The maximum Gasteiger partial charge on any atom is 0.306 e. The van der Waals surface area contributed by atoms with Gasteiger partial charge in [0.2, 0.25) is 5.91 Å². The normalized spacial score (nSPS) is 22.2. The van der Waals surface area contributed by atoms with Crippen LogP contribution >= 0.6 is 0 Å². The molecule has 1 atom stereocenters. The highest BCUT2D eigenvalue weighted by Gasteiger charge is 2.29. The Morgan fingerprint density at radius 2 is 1.76 bits per heavy atom. The van der Waals surface area contributed by atoms with Gasteiger partial charge in [-0.2, -0.15) is 0 Å². The number of hydrogen-bond acceptors (Lipinski definition) is 4. The van der Waals surface area contributed by atoms with E-state index in [2.05, 4.69) is 5.32 Å². The number of nitrogens with one attached hydrogen (secondary N) is 1. The number of carboxylic acids is 1. The predicted molar refractivity (Wildman–Crippen MR) is 89.1 cm³/mol. The molecule has 2 rings (SSSR count). The maximum absolute atomic E-state index is 12.9. The highest BCUT2D eigenvalue weighted by atomic mass is 32.2. The number of carboxylic acid groups (broad SMARTS) is 1. The second-order valence-corrected chi connectivity index (χ2v) is 8.57. The van der Waals surface area contributed by atoms with Crippen molar-refractivity contribution in [1.29, 1.82) is 0 Å². The molecule has 1 unspecified atom stereocenters. The Balaban J connectivity index is 1.90. The Labute approximate surface area is 146 Å². The molecular formula is C17H22FNO5S. The zero-order valence-corrected chi connectivity index (χ0v) is 14.8. The molecule has 0 heterocycles. The van der Waals surface area contributed by atoms with Crippen LogP contribution in [0.5, 0.6) is 0 Å². The standard InChI is InChI=1S/C17H22FNO5S/c1-11(10-25(23,24)15-8-4-13(18)5-9-15)16(20)19-14-6-2-12(3-7-14)17(21)22/h4-5,8-9,11-12,14H,2-3,6-7,10H2,1H3,(H,19,20)(H,21,22). The van der Waals surface area contributed by atoms with E-state index >= 15 is 0 Å². The van der Waals surface area contributed by atoms with E-state index in [-0.39, 0.29) is 28.5 Å². The van der Waals surface area contributed by atoms with Gasteiger partial charge in [-0.05, 0) is 49.9 Å². The second kappa shape index (κ2) is 7.95. The largest absolute Gasteiger partial charge is 0.481 e. The van der Waals surface area contributed by atoms with Gasteiger partial charge in [-0.25, -0.2) is 12.8 Å². The highest BCUT2D eigenvalue weighted by Crippen LogP contribution is 2.25. The SMILES string of the molecule is CC(CS(=O)(=O)c1ccc(F)cc1)C(=O)NC1CCC(C(=O)O)CC1. The molecule has 138 valence electrons. The molecule has 1 fully saturated rings. The molecule has 0 radical (unpaired) electrons. The van der Waals surface area contributed by atoms with Crippen LogP contribution in [0.2, 0.25) is 0 Å². The van der Waals surface area contributed by atoms with Crippen molar-refractivity contribution in [2.45, 2.75) is 43.5 Å². The summed E-state index contributed by atoms with van der Waals surface area (Å²) in [5, 5.41) is 11.8. The van der Waals surface area contributed by atoms with Crippen LogP contribution in [0.3, 0.4) is 0 Å². The first-order valence-corrected chi connectivity index (χ1v) is 9.86. The van der Waals surface area contributed by atoms with Gasteiger partial charge in [0.05, 0.1) is 16.6 Å². The van der Waals surface area contributed by atoms with Gasteiger partial charge in [0.1, 0.15) is 5.82 Å². The summed E-state index contributed by atoms with van der Waals surface area (Å²) < 4.78 is 37.5. The highest BCUT2D eigenvalue weighted by molar-refractivity contribution is 7.91. The van der Waals surface area contributed by atoms with Gasteiger partial charge in [0.25, 0.3) is 0 Å². The smallest absolute Gasteiger partial charge is 0.306 e. The topological polar surface area (TPSA) is 101 Å². The van der Waals surface area contributed by atoms with Gasteiger partial charge in [0, 0.05) is 12.0 Å². The number of aliphatic carboxylic acids is 1. The fourth-order valence-electron chi connectivity index (χ4n) is 2.97. The molecule has 1 aliphatic carbocycles. The average molecular weight is 371 g/mol. The molecule has 1 aromatic carbocycles. The van der Waals surface area contributed by atoms with E-state index in [0.717, 1.165) is 12.1 Å². The molecule has 1 aliphatic rings. The first-order valence-electron chi connectivity index (χ1n) is 8.20. The van der Waals surface area contributed by atoms with Crippen LogP contribution in [0.25, 0.3) is 0 Å². The monoisotopic (exact) mass is 371 g/mol. The summed E-state index contributed by atoms with van der Waals surface area (Å²) in [6.07, 6.45) is 2.14. The van der Waals surface area contributed by atoms with E-state index in [9.17, 15) is 22.4 Å². The van der Waals surface area contributed by atoms with E-state index in [1.165, 1.54) is 19.1 Å². The minimum atomic E-state index is -3.69. The summed E-state index contributed by atoms with van der Waals surface area (Å²) in [5.41, 5.74) is 0. The van der Waals surface area contributed by atoms with Crippen LogP contribution < -0.4 is 5.32 Å². The van der Waals surface area contributed by atoms with E-state index in [1.54, 1.807) is 0 Å². The average Bonchev–Trinajstić information content (AvgIpc) is 2.55. The van der Waals surface area contributed by atoms with Crippen LogP contribution in [0.15, 0.2) is 29.2 Å². The molecule has 0 saturated heterocycles. The summed E-state index contributed by atoms with van der Waals surface area (Å²) in [7, 11) is -3.69. The van der Waals surface area contributed by atoms with Crippen LogP contribution in [-0.2, 0) is 19.4 Å². The van der Waals surface area contributed by atoms with Crippen molar-refractivity contribution in [2.75, 3.05) is 5.75 Å². The van der Waals surface area contributed by atoms with Gasteiger partial charge < -0.3 is 10.4 Å². The summed E-state index contributed by atoms with van der Waals surface area (Å²) in [6, 6.07) is 4.38. The van der Waals surface area contributed by atoms with Crippen LogP contribution in [0.4, 0.5) is 4.39 Å². The van der Waals surface area contributed by atoms with E-state index in [0.29, 0.717) is 25.7 Å². The van der Waals surface area contributed by atoms with Crippen molar-refractivity contribution in [3.63, 3.8) is 0 Å². The van der Waals surface area contributed by atoms with Crippen molar-refractivity contribution in [2.24, 2.45) is 11.8 Å². The molecule has 2 N–H and O–H groups in total. The van der Waals surface area contributed by atoms with Gasteiger partial charge in [-0.1, -0.05) is 6.92 Å². The number of carbonyl (C=O) groups excluding carboxylic acids is 1. The summed E-state index contributed by atoms with van der Waals surface area (Å²) >= 11 is 0. The number of amides is 1. The second-order valence-electron chi connectivity index (χ2n) is 6.53. The molecular weight excluding hydrogens is 349 g/mol. The van der Waals surface area contributed by atoms with Gasteiger partial charge in [-0.15, -0.1) is 0 Å². The Kier molecular flexibility index (Phi) is 6.16. The molecule has 0 aromatic heterocycles. The molecule has 1 aromatic rings. The molecule has 0 aliphatic heterocycles. The lowest BCUT2D eigenvalue weighted by atomic mass is 9.86. The number of halogens is 1. The van der Waals surface area contributed by atoms with Crippen LogP contribution in [0, 0.1) is 17.7 Å². The summed E-state index contributed by atoms with van der Waals surface area (Å²) in [4.78, 5) is 23.1. The zero-order valence-electron chi connectivity index (χ0n) is 13.9. The maximum atomic E-state index is 12.9. The lowest BCUT2D eigenvalue weighted by Gasteiger charge is -2.27. The lowest BCUT2D eigenvalue weighted by molar-refractivity contribution is -0.142. The van der Waals surface area contributed by atoms with Gasteiger partial charge >= 0.3 is 5.97 Å². The third-order valence-electron chi connectivity index (χ3n) is 4.51. The Morgan fingerprint density at radius 1 is 1.20 bits per heavy atom. The van der Waals surface area contributed by atoms with Gasteiger partial charge in [-0.3, -0.25) is 9.59 Å². The zero-order chi connectivity index (χ0) is 18.6. The molecule has 1 amide bonds. The fourth-order valence-corrected chi connectivity index (χ4v) is 4.52. The molecule has 8 heteroatoms. The molecule has 6 nitrogen and oxygen atoms in total. The first-order chi connectivity index (χ1) is 11.7. The van der Waals surface area contributed by atoms with Crippen LogP contribution in [-0.4, -0.2) is 37.2 Å². The van der Waals surface area contributed by atoms with Crippen molar-refractivity contribution in [3.05, 3.63) is 30.1 Å². The number of rotatable bonds is 6. The predicted octanol–water partition coefficient (Wildman–Crippen LogP) is 2.00. The van der Waals surface area contributed by atoms with Crippen molar-refractivity contribution < 1.29 is 27.5 Å².